The molecule has 0 saturated carbocycles. The first-order valence-electron chi connectivity index (χ1n) is 9.58. The van der Waals surface area contributed by atoms with Crippen molar-refractivity contribution in [2.75, 3.05) is 5.32 Å². The molecule has 35 heavy (non-hydrogen) atoms. The summed E-state index contributed by atoms with van der Waals surface area (Å²) in [6.07, 6.45) is -1.03. The van der Waals surface area contributed by atoms with Crippen LogP contribution in [0.2, 0.25) is 10.0 Å². The minimum absolute atomic E-state index is 0.0809. The Morgan fingerprint density at radius 1 is 1.06 bits per heavy atom. The topological polar surface area (TPSA) is 89.8 Å². The number of halogens is 6. The van der Waals surface area contributed by atoms with Gasteiger partial charge < -0.3 is 5.32 Å². The molecule has 0 bridgehead atoms. The molecule has 4 rings (SSSR count). The number of alkyl halides is 3. The number of nitrogens with one attached hydrogen (secondary N) is 1. The number of hydrogen-bond acceptors (Lipinski definition) is 5. The fraction of sp³-hybridized carbons (Fsp3) is 0.0455. The third-order valence-corrected chi connectivity index (χ3v) is 5.41. The number of amides is 1. The highest BCUT2D eigenvalue weighted by Gasteiger charge is 2.36. The molecular weight excluding hydrogens is 513 g/mol. The number of carbonyl (C=O) groups excluding carboxylic acids is 2. The molecular formula is C22H11Cl2F4N5O2. The van der Waals surface area contributed by atoms with E-state index in [0.29, 0.717) is 17.1 Å². The van der Waals surface area contributed by atoms with Crippen LogP contribution in [0.15, 0.2) is 55.0 Å². The molecule has 0 radical (unpaired) electrons. The van der Waals surface area contributed by atoms with Gasteiger partial charge in [0.1, 0.15) is 11.4 Å². The second kappa shape index (κ2) is 9.43. The van der Waals surface area contributed by atoms with E-state index in [1.165, 1.54) is 30.6 Å². The van der Waals surface area contributed by atoms with Gasteiger partial charge in [-0.05, 0) is 24.3 Å². The largest absolute Gasteiger partial charge is 0.420 e. The van der Waals surface area contributed by atoms with Crippen molar-refractivity contribution in [2.45, 2.75) is 6.18 Å². The molecule has 0 aliphatic heterocycles. The molecule has 0 aliphatic rings. The maximum Gasteiger partial charge on any atom is 0.420 e. The summed E-state index contributed by atoms with van der Waals surface area (Å²) < 4.78 is 55.7. The summed E-state index contributed by atoms with van der Waals surface area (Å²) in [5, 5.41) is 9.35. The predicted octanol–water partition coefficient (Wildman–Crippen LogP) is 5.86. The van der Waals surface area contributed by atoms with E-state index in [-0.39, 0.29) is 38.0 Å². The van der Waals surface area contributed by atoms with Gasteiger partial charge in [-0.1, -0.05) is 35.3 Å². The van der Waals surface area contributed by atoms with Crippen LogP contribution in [0.3, 0.4) is 0 Å². The molecule has 7 nitrogen and oxygen atoms in total. The van der Waals surface area contributed by atoms with Gasteiger partial charge in [-0.25, -0.2) is 9.37 Å². The molecule has 0 spiro atoms. The third kappa shape index (κ3) is 4.86. The zero-order valence-corrected chi connectivity index (χ0v) is 18.7. The van der Waals surface area contributed by atoms with Gasteiger partial charge in [0, 0.05) is 21.7 Å². The van der Waals surface area contributed by atoms with E-state index in [2.05, 4.69) is 20.5 Å². The minimum Gasteiger partial charge on any atom is -0.321 e. The van der Waals surface area contributed by atoms with Crippen LogP contribution in [0, 0.1) is 5.82 Å². The number of aldehydes is 1. The maximum absolute atomic E-state index is 15.0. The molecule has 1 N–H and O–H groups in total. The van der Waals surface area contributed by atoms with Crippen LogP contribution in [0.1, 0.15) is 26.3 Å². The van der Waals surface area contributed by atoms with E-state index in [1.54, 1.807) is 0 Å². The number of benzene rings is 2. The summed E-state index contributed by atoms with van der Waals surface area (Å²) in [6.45, 7) is 0. The van der Waals surface area contributed by atoms with Gasteiger partial charge in [0.05, 0.1) is 34.9 Å². The molecule has 0 aliphatic carbocycles. The van der Waals surface area contributed by atoms with Crippen LogP contribution in [0.5, 0.6) is 0 Å². The Bertz CT molecular complexity index is 1440. The summed E-state index contributed by atoms with van der Waals surface area (Å²) in [4.78, 5) is 28.5. The Balaban J connectivity index is 1.69. The quantitative estimate of drug-likeness (QED) is 0.261. The van der Waals surface area contributed by atoms with Crippen LogP contribution >= 0.6 is 23.2 Å². The van der Waals surface area contributed by atoms with Crippen molar-refractivity contribution in [3.63, 3.8) is 0 Å². The highest BCUT2D eigenvalue weighted by Crippen LogP contribution is 2.36. The van der Waals surface area contributed by atoms with Gasteiger partial charge in [-0.2, -0.15) is 23.4 Å². The van der Waals surface area contributed by atoms with E-state index in [4.69, 9.17) is 23.2 Å². The number of carbonyl (C=O) groups is 2. The minimum atomic E-state index is -4.84. The molecule has 1 amide bonds. The van der Waals surface area contributed by atoms with Crippen LogP contribution < -0.4 is 5.32 Å². The first-order chi connectivity index (χ1) is 16.6. The number of pyridine rings is 1. The van der Waals surface area contributed by atoms with Gasteiger partial charge in [-0.3, -0.25) is 9.59 Å². The van der Waals surface area contributed by atoms with E-state index < -0.39 is 29.3 Å². The summed E-state index contributed by atoms with van der Waals surface area (Å²) in [7, 11) is 0. The van der Waals surface area contributed by atoms with Crippen molar-refractivity contribution >= 4 is 41.1 Å². The van der Waals surface area contributed by atoms with E-state index in [9.17, 15) is 27.2 Å². The first-order valence-corrected chi connectivity index (χ1v) is 10.3. The van der Waals surface area contributed by atoms with Gasteiger partial charge >= 0.3 is 6.18 Å². The van der Waals surface area contributed by atoms with Gasteiger partial charge in [-0.15, -0.1) is 4.80 Å². The summed E-state index contributed by atoms with van der Waals surface area (Å²) >= 11 is 12.3. The second-order valence-corrected chi connectivity index (χ2v) is 7.81. The average molecular weight is 524 g/mol. The molecule has 0 unspecified atom stereocenters. The van der Waals surface area contributed by atoms with Crippen molar-refractivity contribution in [3.8, 4) is 16.9 Å². The van der Waals surface area contributed by atoms with Crippen molar-refractivity contribution in [3.05, 3.63) is 87.5 Å². The molecule has 0 atom stereocenters. The van der Waals surface area contributed by atoms with Gasteiger partial charge in [0.2, 0.25) is 0 Å². The van der Waals surface area contributed by atoms with Gasteiger partial charge in [0.25, 0.3) is 5.91 Å². The molecule has 4 aromatic rings. The Hall–Kier alpha value is -3.83. The SMILES string of the molecule is O=Cc1cccc(Cl)c1-c1cc(Cl)c(C(=O)Nc2cnc(-n3nccn3)c(C(F)(F)F)c2)cc1F. The highest BCUT2D eigenvalue weighted by molar-refractivity contribution is 6.36. The third-order valence-electron chi connectivity index (χ3n) is 4.78. The lowest BCUT2D eigenvalue weighted by atomic mass is 9.98. The average Bonchev–Trinajstić information content (AvgIpc) is 3.34. The zero-order chi connectivity index (χ0) is 25.3. The number of nitrogens with zero attached hydrogens (tertiary/aromatic N) is 4. The lowest BCUT2D eigenvalue weighted by Gasteiger charge is -2.14. The maximum atomic E-state index is 15.0. The number of rotatable bonds is 5. The zero-order valence-electron chi connectivity index (χ0n) is 17.1. The van der Waals surface area contributed by atoms with Crippen LogP contribution in [0.4, 0.5) is 23.2 Å². The van der Waals surface area contributed by atoms with Crippen molar-refractivity contribution < 1.29 is 27.2 Å². The molecule has 2 heterocycles. The van der Waals surface area contributed by atoms with Crippen LogP contribution in [0.25, 0.3) is 16.9 Å². The van der Waals surface area contributed by atoms with Crippen LogP contribution in [-0.4, -0.2) is 32.2 Å². The summed E-state index contributed by atoms with van der Waals surface area (Å²) in [6, 6.07) is 6.93. The van der Waals surface area contributed by atoms with Crippen LogP contribution in [-0.2, 0) is 6.18 Å². The Morgan fingerprint density at radius 2 is 1.77 bits per heavy atom. The lowest BCUT2D eigenvalue weighted by molar-refractivity contribution is -0.137. The smallest absolute Gasteiger partial charge is 0.321 e. The Labute approximate surface area is 204 Å². The van der Waals surface area contributed by atoms with Crippen molar-refractivity contribution in [1.82, 2.24) is 20.0 Å². The highest BCUT2D eigenvalue weighted by atomic mass is 35.5. The second-order valence-electron chi connectivity index (χ2n) is 7.00. The van der Waals surface area contributed by atoms with Crippen molar-refractivity contribution in [2.24, 2.45) is 0 Å². The van der Waals surface area contributed by atoms with Crippen molar-refractivity contribution in [1.29, 1.82) is 0 Å². The lowest BCUT2D eigenvalue weighted by Crippen LogP contribution is -2.17. The molecule has 13 heteroatoms. The monoisotopic (exact) mass is 523 g/mol. The fourth-order valence-corrected chi connectivity index (χ4v) is 3.79. The Morgan fingerprint density at radius 3 is 2.43 bits per heavy atom. The number of aromatic nitrogens is 4. The molecule has 0 saturated heterocycles. The van der Waals surface area contributed by atoms with Gasteiger partial charge in [0.15, 0.2) is 12.1 Å². The number of hydrogen-bond donors (Lipinski definition) is 1. The summed E-state index contributed by atoms with van der Waals surface area (Å²) in [5.41, 5.74) is -1.85. The predicted molar refractivity (Wildman–Crippen MR) is 119 cm³/mol. The fourth-order valence-electron chi connectivity index (χ4n) is 3.25. The molecule has 0 fully saturated rings. The normalized spacial score (nSPS) is 11.4. The van der Waals surface area contributed by atoms with E-state index in [0.717, 1.165) is 18.3 Å². The molecule has 2 aromatic heterocycles. The van der Waals surface area contributed by atoms with E-state index >= 15 is 0 Å². The Kier molecular flexibility index (Phi) is 6.55. The molecule has 178 valence electrons. The van der Waals surface area contributed by atoms with E-state index in [1.807, 2.05) is 0 Å². The molecule has 2 aromatic carbocycles. The number of anilines is 1. The summed E-state index contributed by atoms with van der Waals surface area (Å²) in [5.74, 6) is -2.51. The first kappa shape index (κ1) is 24.3. The standard InChI is InChI=1S/C22H11Cl2F4N5O2/c23-16-3-1-2-11(10-34)19(16)14-7-17(24)13(8-18(14)25)21(35)32-12-6-15(22(26,27)28)20(29-9-12)33-30-4-5-31-33/h1-10H,(H,32,35).